The lowest BCUT2D eigenvalue weighted by Gasteiger charge is -2.18. The molecule has 1 atom stereocenters. The Hall–Kier alpha value is -3.59. The van der Waals surface area contributed by atoms with E-state index in [1.54, 1.807) is 12.1 Å². The van der Waals surface area contributed by atoms with Crippen molar-refractivity contribution in [2.75, 3.05) is 26.2 Å². The number of anilines is 1. The molecule has 3 rings (SSSR count). The van der Waals surface area contributed by atoms with Gasteiger partial charge in [-0.1, -0.05) is 18.2 Å². The Labute approximate surface area is 173 Å². The fourth-order valence-corrected chi connectivity index (χ4v) is 3.25. The third-order valence-electron chi connectivity index (χ3n) is 4.79. The number of hydrogen-bond donors (Lipinski definition) is 2. The molecule has 0 radical (unpaired) electrons. The minimum Gasteiger partial charge on any atom is -0.493 e. The van der Waals surface area contributed by atoms with Crippen LogP contribution in [0.25, 0.3) is 0 Å². The van der Waals surface area contributed by atoms with Crippen LogP contribution in [-0.4, -0.2) is 45.1 Å². The molecule has 2 N–H and O–H groups in total. The van der Waals surface area contributed by atoms with Gasteiger partial charge in [0.05, 0.1) is 33.4 Å². The third-order valence-corrected chi connectivity index (χ3v) is 4.79. The van der Waals surface area contributed by atoms with Gasteiger partial charge in [-0.25, -0.2) is 10.3 Å². The average Bonchev–Trinajstić information content (AvgIpc) is 3.04. The van der Waals surface area contributed by atoms with Crippen molar-refractivity contribution < 1.29 is 28.6 Å². The Balaban J connectivity index is 1.73. The van der Waals surface area contributed by atoms with E-state index < -0.39 is 17.9 Å². The zero-order chi connectivity index (χ0) is 21.8. The monoisotopic (exact) mass is 413 g/mol. The molecular formula is C21H23N3O6. The first kappa shape index (κ1) is 21.1. The summed E-state index contributed by atoms with van der Waals surface area (Å²) in [4.78, 5) is 38.9. The van der Waals surface area contributed by atoms with Gasteiger partial charge in [-0.3, -0.25) is 19.8 Å². The topological polar surface area (TPSA) is 106 Å². The molecule has 9 nitrogen and oxygen atoms in total. The summed E-state index contributed by atoms with van der Waals surface area (Å²) in [6.45, 7) is 1.82. The second kappa shape index (κ2) is 8.83. The molecule has 0 unspecified atom stereocenters. The Bertz CT molecular complexity index is 965. The fraction of sp³-hybridized carbons (Fsp3) is 0.286. The Morgan fingerprint density at radius 2 is 1.67 bits per heavy atom. The van der Waals surface area contributed by atoms with Crippen molar-refractivity contribution in [1.29, 1.82) is 0 Å². The summed E-state index contributed by atoms with van der Waals surface area (Å²) in [7, 11) is 4.35. The lowest BCUT2D eigenvalue weighted by Crippen LogP contribution is -2.48. The highest BCUT2D eigenvalue weighted by Crippen LogP contribution is 2.38. The van der Waals surface area contributed by atoms with Crippen LogP contribution >= 0.6 is 0 Å². The zero-order valence-corrected chi connectivity index (χ0v) is 17.1. The van der Waals surface area contributed by atoms with Crippen LogP contribution in [0, 0.1) is 6.92 Å². The summed E-state index contributed by atoms with van der Waals surface area (Å²) in [5.41, 5.74) is 6.70. The van der Waals surface area contributed by atoms with E-state index in [0.717, 1.165) is 10.5 Å². The molecular weight excluding hydrogens is 390 g/mol. The molecule has 0 saturated carbocycles. The van der Waals surface area contributed by atoms with E-state index in [2.05, 4.69) is 10.9 Å². The number of imide groups is 1. The predicted molar refractivity (Wildman–Crippen MR) is 109 cm³/mol. The minimum absolute atomic E-state index is 0.0668. The molecule has 1 fully saturated rings. The first-order valence-electron chi connectivity index (χ1n) is 9.19. The number of nitrogens with one attached hydrogen (secondary N) is 2. The van der Waals surface area contributed by atoms with E-state index in [0.29, 0.717) is 22.9 Å². The Kier molecular flexibility index (Phi) is 6.22. The van der Waals surface area contributed by atoms with Gasteiger partial charge in [-0.15, -0.1) is 0 Å². The van der Waals surface area contributed by atoms with Gasteiger partial charge in [-0.05, 0) is 30.7 Å². The normalized spacial score (nSPS) is 15.9. The second-order valence-corrected chi connectivity index (χ2v) is 6.62. The van der Waals surface area contributed by atoms with Gasteiger partial charge in [0.25, 0.3) is 11.8 Å². The van der Waals surface area contributed by atoms with E-state index in [1.165, 1.54) is 33.5 Å². The van der Waals surface area contributed by atoms with Crippen LogP contribution in [-0.2, 0) is 9.59 Å². The van der Waals surface area contributed by atoms with Gasteiger partial charge in [-0.2, -0.15) is 0 Å². The Morgan fingerprint density at radius 3 is 2.23 bits per heavy atom. The van der Waals surface area contributed by atoms with Crippen molar-refractivity contribution in [3.8, 4) is 17.2 Å². The molecule has 1 saturated heterocycles. The van der Waals surface area contributed by atoms with Crippen molar-refractivity contribution >= 4 is 23.4 Å². The first-order valence-corrected chi connectivity index (χ1v) is 9.19. The first-order chi connectivity index (χ1) is 14.4. The van der Waals surface area contributed by atoms with E-state index in [1.807, 2.05) is 19.1 Å². The molecule has 0 bridgehead atoms. The number of amides is 3. The number of hydrazine groups is 1. The van der Waals surface area contributed by atoms with Crippen LogP contribution in [0.4, 0.5) is 5.69 Å². The largest absolute Gasteiger partial charge is 0.493 e. The number of rotatable bonds is 7. The summed E-state index contributed by atoms with van der Waals surface area (Å²) in [5, 5.41) is 0. The van der Waals surface area contributed by atoms with Crippen LogP contribution in [0.15, 0.2) is 36.4 Å². The van der Waals surface area contributed by atoms with Gasteiger partial charge >= 0.3 is 0 Å². The molecule has 30 heavy (non-hydrogen) atoms. The van der Waals surface area contributed by atoms with Crippen LogP contribution in [0.2, 0.25) is 0 Å². The van der Waals surface area contributed by atoms with Crippen LogP contribution in [0.5, 0.6) is 17.2 Å². The standard InChI is InChI=1S/C21H23N3O6/c1-12-7-5-6-8-15(12)24-18(25)11-14(21(24)27)22-23-20(26)13-9-16(28-2)19(30-4)17(10-13)29-3/h5-10,14,22H,11H2,1-4H3,(H,23,26)/t14-/m1/s1. The number of carbonyl (C=O) groups is 3. The van der Waals surface area contributed by atoms with Crippen LogP contribution in [0.1, 0.15) is 22.3 Å². The highest BCUT2D eigenvalue weighted by atomic mass is 16.5. The summed E-state index contributed by atoms with van der Waals surface area (Å²) in [5.74, 6) is -0.299. The van der Waals surface area contributed by atoms with E-state index in [9.17, 15) is 14.4 Å². The van der Waals surface area contributed by atoms with Crippen molar-refractivity contribution in [3.05, 3.63) is 47.5 Å². The highest BCUT2D eigenvalue weighted by Gasteiger charge is 2.40. The highest BCUT2D eigenvalue weighted by molar-refractivity contribution is 6.22. The minimum atomic E-state index is -0.872. The SMILES string of the molecule is COc1cc(C(=O)NN[C@@H]2CC(=O)N(c3ccccc3C)C2=O)cc(OC)c1OC. The van der Waals surface area contributed by atoms with Crippen LogP contribution in [0.3, 0.4) is 0 Å². The van der Waals surface area contributed by atoms with Crippen molar-refractivity contribution in [3.63, 3.8) is 0 Å². The quantitative estimate of drug-likeness (QED) is 0.524. The molecule has 158 valence electrons. The second-order valence-electron chi connectivity index (χ2n) is 6.62. The summed E-state index contributed by atoms with van der Waals surface area (Å²) >= 11 is 0. The predicted octanol–water partition coefficient (Wildman–Crippen LogP) is 1.59. The number of para-hydroxylation sites is 1. The number of carbonyl (C=O) groups excluding carboxylic acids is 3. The maximum Gasteiger partial charge on any atom is 0.265 e. The third kappa shape index (κ3) is 3.92. The summed E-state index contributed by atoms with van der Waals surface area (Å²) in [6, 6.07) is 9.22. The number of aryl methyl sites for hydroxylation is 1. The molecule has 2 aromatic rings. The number of ether oxygens (including phenoxy) is 3. The van der Waals surface area contributed by atoms with E-state index >= 15 is 0 Å². The lowest BCUT2D eigenvalue weighted by atomic mass is 10.1. The molecule has 2 aromatic carbocycles. The molecule has 1 aliphatic heterocycles. The molecule has 3 amide bonds. The van der Waals surface area contributed by atoms with E-state index in [4.69, 9.17) is 14.2 Å². The summed E-state index contributed by atoms with van der Waals surface area (Å²) in [6.07, 6.45) is -0.0668. The lowest BCUT2D eigenvalue weighted by molar-refractivity contribution is -0.121. The molecule has 0 aromatic heterocycles. The van der Waals surface area contributed by atoms with Gasteiger partial charge in [0.1, 0.15) is 6.04 Å². The molecule has 9 heteroatoms. The number of benzene rings is 2. The van der Waals surface area contributed by atoms with Crippen molar-refractivity contribution in [2.24, 2.45) is 0 Å². The average molecular weight is 413 g/mol. The van der Waals surface area contributed by atoms with Gasteiger partial charge < -0.3 is 14.2 Å². The number of methoxy groups -OCH3 is 3. The van der Waals surface area contributed by atoms with Gasteiger partial charge in [0.15, 0.2) is 11.5 Å². The molecule has 1 heterocycles. The molecule has 0 aliphatic carbocycles. The van der Waals surface area contributed by atoms with Crippen LogP contribution < -0.4 is 30.0 Å². The summed E-state index contributed by atoms with van der Waals surface area (Å²) < 4.78 is 15.7. The van der Waals surface area contributed by atoms with Gasteiger partial charge in [0.2, 0.25) is 11.7 Å². The smallest absolute Gasteiger partial charge is 0.265 e. The number of hydrogen-bond acceptors (Lipinski definition) is 7. The fourth-order valence-electron chi connectivity index (χ4n) is 3.25. The maximum atomic E-state index is 12.7. The molecule has 0 spiro atoms. The maximum absolute atomic E-state index is 12.7. The number of nitrogens with zero attached hydrogens (tertiary/aromatic N) is 1. The molecule has 1 aliphatic rings. The Morgan fingerprint density at radius 1 is 1.03 bits per heavy atom. The van der Waals surface area contributed by atoms with Gasteiger partial charge in [0, 0.05) is 5.56 Å². The van der Waals surface area contributed by atoms with Crippen molar-refractivity contribution in [1.82, 2.24) is 10.9 Å². The van der Waals surface area contributed by atoms with Crippen molar-refractivity contribution in [2.45, 2.75) is 19.4 Å². The zero-order valence-electron chi connectivity index (χ0n) is 17.1. The van der Waals surface area contributed by atoms with E-state index in [-0.39, 0.29) is 17.9 Å².